The number of nitrogens with one attached hydrogen (secondary N) is 1. The minimum Gasteiger partial charge on any atom is -0.497 e. The van der Waals surface area contributed by atoms with Crippen molar-refractivity contribution in [3.63, 3.8) is 0 Å². The molecule has 1 saturated heterocycles. The van der Waals surface area contributed by atoms with E-state index in [1.807, 2.05) is 31.2 Å². The fourth-order valence-electron chi connectivity index (χ4n) is 3.46. The first kappa shape index (κ1) is 21.4. The second kappa shape index (κ2) is 9.98. The van der Waals surface area contributed by atoms with Crippen molar-refractivity contribution in [3.05, 3.63) is 69.8 Å². The van der Waals surface area contributed by atoms with Gasteiger partial charge in [-0.3, -0.25) is 19.8 Å². The Morgan fingerprint density at radius 1 is 1.17 bits per heavy atom. The maximum absolute atomic E-state index is 12.5. The number of nitrogens with zero attached hydrogens (tertiary/aromatic N) is 3. The van der Waals surface area contributed by atoms with Crippen molar-refractivity contribution in [3.8, 4) is 5.75 Å². The van der Waals surface area contributed by atoms with Crippen LogP contribution in [0.2, 0.25) is 0 Å². The van der Waals surface area contributed by atoms with Crippen LogP contribution in [0.4, 0.5) is 5.69 Å². The third-order valence-corrected chi connectivity index (χ3v) is 5.35. The van der Waals surface area contributed by atoms with E-state index in [1.165, 1.54) is 12.1 Å². The highest BCUT2D eigenvalue weighted by Gasteiger charge is 2.25. The Kier molecular flexibility index (Phi) is 7.13. The average Bonchev–Trinajstić information content (AvgIpc) is 2.78. The molecule has 0 radical (unpaired) electrons. The molecule has 0 saturated carbocycles. The summed E-state index contributed by atoms with van der Waals surface area (Å²) in [6, 6.07) is 14.1. The van der Waals surface area contributed by atoms with Crippen LogP contribution in [-0.4, -0.2) is 41.6 Å². The zero-order valence-electron chi connectivity index (χ0n) is 17.2. The highest BCUT2D eigenvalue weighted by molar-refractivity contribution is 5.99. The van der Waals surface area contributed by atoms with E-state index in [4.69, 9.17) is 4.74 Å². The van der Waals surface area contributed by atoms with E-state index in [2.05, 4.69) is 15.4 Å². The lowest BCUT2D eigenvalue weighted by Crippen LogP contribution is -2.39. The molecule has 1 amide bonds. The lowest BCUT2D eigenvalue weighted by Gasteiger charge is -2.30. The molecular formula is C22H26N4O4. The van der Waals surface area contributed by atoms with Crippen molar-refractivity contribution in [1.82, 2.24) is 10.3 Å². The molecule has 1 fully saturated rings. The third kappa shape index (κ3) is 5.64. The SMILES string of the molecule is COc1ccc(/C(C)=N\NC(=O)C2CCN(Cc3ccc([N+](=O)[O-])cc3)CC2)cc1. The Hall–Kier alpha value is -3.26. The number of amides is 1. The van der Waals surface area contributed by atoms with Gasteiger partial charge in [0.25, 0.3) is 5.69 Å². The minimum atomic E-state index is -0.396. The molecule has 1 N–H and O–H groups in total. The second-order valence-corrected chi connectivity index (χ2v) is 7.38. The number of hydrogen-bond donors (Lipinski definition) is 1. The molecule has 0 atom stereocenters. The number of carbonyl (C=O) groups excluding carboxylic acids is 1. The third-order valence-electron chi connectivity index (χ3n) is 5.35. The second-order valence-electron chi connectivity index (χ2n) is 7.38. The van der Waals surface area contributed by atoms with Gasteiger partial charge >= 0.3 is 0 Å². The number of ether oxygens (including phenoxy) is 1. The molecule has 1 heterocycles. The predicted molar refractivity (Wildman–Crippen MR) is 114 cm³/mol. The van der Waals surface area contributed by atoms with Gasteiger partial charge in [0.15, 0.2) is 0 Å². The van der Waals surface area contributed by atoms with Gasteiger partial charge in [0.1, 0.15) is 5.75 Å². The van der Waals surface area contributed by atoms with Crippen molar-refractivity contribution in [2.24, 2.45) is 11.0 Å². The van der Waals surface area contributed by atoms with E-state index in [9.17, 15) is 14.9 Å². The monoisotopic (exact) mass is 410 g/mol. The van der Waals surface area contributed by atoms with Crippen LogP contribution in [-0.2, 0) is 11.3 Å². The summed E-state index contributed by atoms with van der Waals surface area (Å²) in [5, 5.41) is 15.0. The Morgan fingerprint density at radius 2 is 1.80 bits per heavy atom. The van der Waals surface area contributed by atoms with E-state index in [0.717, 1.165) is 55.1 Å². The summed E-state index contributed by atoms with van der Waals surface area (Å²) in [6.45, 7) is 4.18. The standard InChI is InChI=1S/C22H26N4O4/c1-16(18-5-9-21(30-2)10-6-18)23-24-22(27)19-11-13-25(14-12-19)15-17-3-7-20(8-4-17)26(28)29/h3-10,19H,11-15H2,1-2H3,(H,24,27)/b23-16-. The zero-order valence-corrected chi connectivity index (χ0v) is 17.2. The first-order chi connectivity index (χ1) is 14.5. The summed E-state index contributed by atoms with van der Waals surface area (Å²) in [5.41, 5.74) is 5.49. The number of nitro groups is 1. The van der Waals surface area contributed by atoms with Gasteiger partial charge in [0, 0.05) is 24.6 Å². The molecule has 158 valence electrons. The number of hydrazone groups is 1. The van der Waals surface area contributed by atoms with Crippen molar-refractivity contribution in [2.75, 3.05) is 20.2 Å². The number of likely N-dealkylation sites (tertiary alicyclic amines) is 1. The lowest BCUT2D eigenvalue weighted by atomic mass is 9.96. The number of non-ortho nitro benzene ring substituents is 1. The molecule has 2 aromatic rings. The summed E-state index contributed by atoms with van der Waals surface area (Å²) >= 11 is 0. The molecule has 8 nitrogen and oxygen atoms in total. The molecule has 0 aliphatic carbocycles. The smallest absolute Gasteiger partial charge is 0.269 e. The van der Waals surface area contributed by atoms with Crippen molar-refractivity contribution < 1.29 is 14.5 Å². The molecule has 0 unspecified atom stereocenters. The fourth-order valence-corrected chi connectivity index (χ4v) is 3.46. The van der Waals surface area contributed by atoms with Gasteiger partial charge in [-0.15, -0.1) is 0 Å². The number of nitro benzene ring substituents is 1. The molecule has 1 aliphatic heterocycles. The predicted octanol–water partition coefficient (Wildman–Crippen LogP) is 3.36. The molecule has 0 spiro atoms. The Balaban J connectivity index is 1.46. The first-order valence-electron chi connectivity index (χ1n) is 9.90. The van der Waals surface area contributed by atoms with Crippen LogP contribution in [0.3, 0.4) is 0 Å². The normalized spacial score (nSPS) is 15.6. The van der Waals surface area contributed by atoms with Crippen LogP contribution in [0.5, 0.6) is 5.75 Å². The van der Waals surface area contributed by atoms with Crippen molar-refractivity contribution in [1.29, 1.82) is 0 Å². The van der Waals surface area contributed by atoms with E-state index < -0.39 is 4.92 Å². The van der Waals surface area contributed by atoms with Crippen molar-refractivity contribution >= 4 is 17.3 Å². The topological polar surface area (TPSA) is 97.1 Å². The van der Waals surface area contributed by atoms with Gasteiger partial charge in [-0.1, -0.05) is 12.1 Å². The minimum absolute atomic E-state index is 0.0575. The summed E-state index contributed by atoms with van der Waals surface area (Å²) in [5.74, 6) is 0.652. The van der Waals surface area contributed by atoms with Gasteiger partial charge in [0.05, 0.1) is 17.7 Å². The number of hydrogen-bond acceptors (Lipinski definition) is 6. The largest absolute Gasteiger partial charge is 0.497 e. The van der Waals surface area contributed by atoms with Gasteiger partial charge in [-0.25, -0.2) is 5.43 Å². The quantitative estimate of drug-likeness (QED) is 0.429. The summed E-state index contributed by atoms with van der Waals surface area (Å²) < 4.78 is 5.15. The number of carbonyl (C=O) groups is 1. The highest BCUT2D eigenvalue weighted by Crippen LogP contribution is 2.20. The molecule has 3 rings (SSSR count). The molecular weight excluding hydrogens is 384 g/mol. The molecule has 0 bridgehead atoms. The number of methoxy groups -OCH3 is 1. The van der Waals surface area contributed by atoms with Gasteiger partial charge in [-0.2, -0.15) is 5.10 Å². The van der Waals surface area contributed by atoms with E-state index in [0.29, 0.717) is 0 Å². The highest BCUT2D eigenvalue weighted by atomic mass is 16.6. The van der Waals surface area contributed by atoms with Crippen LogP contribution in [0.1, 0.15) is 30.9 Å². The molecule has 30 heavy (non-hydrogen) atoms. The Bertz CT molecular complexity index is 902. The molecule has 8 heteroatoms. The molecule has 2 aromatic carbocycles. The van der Waals surface area contributed by atoms with Crippen LogP contribution >= 0.6 is 0 Å². The van der Waals surface area contributed by atoms with Crippen molar-refractivity contribution in [2.45, 2.75) is 26.3 Å². The van der Waals surface area contributed by atoms with Crippen LogP contribution in [0, 0.1) is 16.0 Å². The average molecular weight is 410 g/mol. The summed E-state index contributed by atoms with van der Waals surface area (Å²) in [4.78, 5) is 25.1. The number of rotatable bonds is 7. The number of benzene rings is 2. The van der Waals surface area contributed by atoms with Crippen LogP contribution in [0.25, 0.3) is 0 Å². The maximum Gasteiger partial charge on any atom is 0.269 e. The van der Waals surface area contributed by atoms with Crippen LogP contribution < -0.4 is 10.2 Å². The van der Waals surface area contributed by atoms with Gasteiger partial charge in [0.2, 0.25) is 5.91 Å². The Morgan fingerprint density at radius 3 is 2.37 bits per heavy atom. The Labute approximate surface area is 175 Å². The molecule has 0 aromatic heterocycles. The fraction of sp³-hybridized carbons (Fsp3) is 0.364. The van der Waals surface area contributed by atoms with Gasteiger partial charge < -0.3 is 4.74 Å². The van der Waals surface area contributed by atoms with E-state index in [-0.39, 0.29) is 17.5 Å². The van der Waals surface area contributed by atoms with E-state index in [1.54, 1.807) is 19.2 Å². The lowest BCUT2D eigenvalue weighted by molar-refractivity contribution is -0.384. The van der Waals surface area contributed by atoms with Crippen LogP contribution in [0.15, 0.2) is 53.6 Å². The summed E-state index contributed by atoms with van der Waals surface area (Å²) in [7, 11) is 1.62. The maximum atomic E-state index is 12.5. The number of piperidine rings is 1. The zero-order chi connectivity index (χ0) is 21.5. The molecule has 1 aliphatic rings. The first-order valence-corrected chi connectivity index (χ1v) is 9.90. The van der Waals surface area contributed by atoms with E-state index >= 15 is 0 Å². The van der Waals surface area contributed by atoms with Gasteiger partial charge in [-0.05, 0) is 68.2 Å². The summed E-state index contributed by atoms with van der Waals surface area (Å²) in [6.07, 6.45) is 1.52.